The molecule has 21 heavy (non-hydrogen) atoms. The van der Waals surface area contributed by atoms with Gasteiger partial charge in [-0.05, 0) is 0 Å². The molecule has 1 atom stereocenters. The van der Waals surface area contributed by atoms with Gasteiger partial charge in [-0.1, -0.05) is 0 Å². The quantitative estimate of drug-likeness (QED) is 0.262. The number of rotatable bonds is 6. The molecule has 0 heterocycles. The first-order valence-corrected chi connectivity index (χ1v) is 5.61. The normalized spacial score (nSPS) is 12.3. The van der Waals surface area contributed by atoms with Crippen LogP contribution in [0.3, 0.4) is 0 Å². The minimum atomic E-state index is -2.74. The zero-order valence-corrected chi connectivity index (χ0v) is 12.6. The molecule has 1 unspecified atom stereocenters. The van der Waals surface area contributed by atoms with Gasteiger partial charge in [0.05, 0.1) is 34.0 Å². The molecule has 0 aliphatic carbocycles. The molecule has 0 saturated carbocycles. The summed E-state index contributed by atoms with van der Waals surface area (Å²) < 4.78 is 0.611. The summed E-state index contributed by atoms with van der Waals surface area (Å²) in [6.45, 7) is 1.78. The molecule has 126 valence electrons. The maximum Gasteiger partial charge on any atom is 0.336 e. The second-order valence-electron chi connectivity index (χ2n) is 5.23. The van der Waals surface area contributed by atoms with E-state index in [-0.39, 0.29) is 12.4 Å². The van der Waals surface area contributed by atoms with Gasteiger partial charge in [-0.3, -0.25) is 9.59 Å². The molecule has 0 rings (SSSR count). The lowest BCUT2D eigenvalue weighted by molar-refractivity contribution is -0.916. The van der Waals surface area contributed by atoms with Crippen LogP contribution in [0, 0.1) is 0 Å². The third-order valence-electron chi connectivity index (χ3n) is 2.41. The maximum atomic E-state index is 10.3. The highest BCUT2D eigenvalue weighted by molar-refractivity contribution is 5.88. The Labute approximate surface area is 122 Å². The predicted octanol–water partition coefficient (Wildman–Crippen LogP) is -1.06. The summed E-state index contributed by atoms with van der Waals surface area (Å²) in [7, 11) is 5.85. The highest BCUT2D eigenvalue weighted by atomic mass is 16.4. The Kier molecular flexibility index (Phi) is 10.7. The molecule has 0 aromatic rings. The average molecular weight is 313 g/mol. The Morgan fingerprint density at radius 2 is 1.24 bits per heavy atom. The second kappa shape index (κ2) is 9.23. The van der Waals surface area contributed by atoms with Crippen molar-refractivity contribution in [2.45, 2.75) is 31.6 Å². The van der Waals surface area contributed by atoms with E-state index >= 15 is 0 Å². The molecule has 0 aliphatic heterocycles. The third kappa shape index (κ3) is 11.8. The van der Waals surface area contributed by atoms with Crippen LogP contribution in [-0.2, 0) is 14.4 Å². The average Bonchev–Trinajstić information content (AvgIpc) is 2.13. The van der Waals surface area contributed by atoms with Crippen molar-refractivity contribution in [3.63, 3.8) is 0 Å². The highest BCUT2D eigenvalue weighted by Crippen LogP contribution is 2.15. The molecule has 0 spiro atoms. The number of carboxylic acids is 3. The number of carbonyl (C=O) groups is 3. The van der Waals surface area contributed by atoms with Crippen molar-refractivity contribution >= 4 is 17.9 Å². The minimum Gasteiger partial charge on any atom is -0.481 e. The zero-order chi connectivity index (χ0) is 16.7. The van der Waals surface area contributed by atoms with E-state index in [1.54, 1.807) is 6.92 Å². The van der Waals surface area contributed by atoms with E-state index in [1.807, 2.05) is 21.1 Å². The lowest BCUT2D eigenvalue weighted by Gasteiger charge is -2.26. The molecule has 0 bridgehead atoms. The van der Waals surface area contributed by atoms with Crippen LogP contribution in [0.15, 0.2) is 0 Å². The zero-order valence-electron chi connectivity index (χ0n) is 12.6. The fraction of sp³-hybridized carbons (Fsp3) is 0.727. The van der Waals surface area contributed by atoms with E-state index in [4.69, 9.17) is 25.5 Å². The van der Waals surface area contributed by atoms with Gasteiger partial charge in [0.25, 0.3) is 0 Å². The standard InChI is InChI=1S/C6H8O7.C5H14NO.H3N/c7-3(8)1-6(13,5(11)12)2-4(9)10;1-5(7)6(2,3)4;/h13H,1-2H2,(H,7,8)(H,9,10)(H,11,12);5,7H,1-4H3;1H3/q;+1;. The predicted molar refractivity (Wildman–Crippen MR) is 71.8 cm³/mol. The summed E-state index contributed by atoms with van der Waals surface area (Å²) >= 11 is 0. The molecule has 0 aliphatic rings. The van der Waals surface area contributed by atoms with Crippen LogP contribution in [0.1, 0.15) is 19.8 Å². The monoisotopic (exact) mass is 313 g/mol. The van der Waals surface area contributed by atoms with Crippen molar-refractivity contribution < 1.29 is 44.4 Å². The minimum absolute atomic E-state index is 0. The van der Waals surface area contributed by atoms with Crippen molar-refractivity contribution in [1.82, 2.24) is 6.15 Å². The topological polar surface area (TPSA) is 187 Å². The summed E-state index contributed by atoms with van der Waals surface area (Å²) in [6, 6.07) is 0. The van der Waals surface area contributed by atoms with Crippen LogP contribution in [0.2, 0.25) is 0 Å². The largest absolute Gasteiger partial charge is 0.481 e. The SMILES string of the molecule is CC(O)[N+](C)(C)C.N.O=C(O)CC(O)(CC(=O)O)C(=O)O. The summed E-state index contributed by atoms with van der Waals surface area (Å²) in [5.74, 6) is -5.02. The van der Waals surface area contributed by atoms with Crippen molar-refractivity contribution in [3.05, 3.63) is 0 Å². The Morgan fingerprint density at radius 1 is 1.00 bits per heavy atom. The van der Waals surface area contributed by atoms with Gasteiger partial charge < -0.3 is 36.2 Å². The first-order valence-electron chi connectivity index (χ1n) is 5.61. The molecule has 10 heteroatoms. The van der Waals surface area contributed by atoms with Crippen LogP contribution in [0.5, 0.6) is 0 Å². The Morgan fingerprint density at radius 3 is 1.33 bits per heavy atom. The van der Waals surface area contributed by atoms with Crippen molar-refractivity contribution in [2.75, 3.05) is 21.1 Å². The van der Waals surface area contributed by atoms with Crippen LogP contribution in [0.4, 0.5) is 0 Å². The Balaban J connectivity index is -0.000000347. The highest BCUT2D eigenvalue weighted by Gasteiger charge is 2.40. The number of hydrogen-bond acceptors (Lipinski definition) is 6. The van der Waals surface area contributed by atoms with Crippen LogP contribution < -0.4 is 6.15 Å². The lowest BCUT2D eigenvalue weighted by atomic mass is 9.96. The molecule has 0 aromatic heterocycles. The lowest BCUT2D eigenvalue weighted by Crippen LogP contribution is -2.42. The first kappa shape index (κ1) is 24.3. The molecular weight excluding hydrogens is 288 g/mol. The number of aliphatic carboxylic acids is 3. The molecule has 0 fully saturated rings. The fourth-order valence-electron chi connectivity index (χ4n) is 0.714. The van der Waals surface area contributed by atoms with E-state index in [9.17, 15) is 14.4 Å². The van der Waals surface area contributed by atoms with Crippen molar-refractivity contribution in [3.8, 4) is 0 Å². The van der Waals surface area contributed by atoms with Gasteiger partial charge in [0.15, 0.2) is 11.8 Å². The third-order valence-corrected chi connectivity index (χ3v) is 2.41. The summed E-state index contributed by atoms with van der Waals surface area (Å²) in [4.78, 5) is 30.5. The van der Waals surface area contributed by atoms with Crippen LogP contribution >= 0.6 is 0 Å². The molecular formula is C11H25N2O8+. The number of aliphatic hydroxyl groups excluding tert-OH is 1. The first-order chi connectivity index (χ1) is 8.72. The number of nitrogens with zero attached hydrogens (tertiary/aromatic N) is 1. The number of quaternary nitrogens is 1. The van der Waals surface area contributed by atoms with Gasteiger partial charge in [0.2, 0.25) is 0 Å². The second-order valence-corrected chi connectivity index (χ2v) is 5.23. The molecule has 10 nitrogen and oxygen atoms in total. The van der Waals surface area contributed by atoms with Crippen LogP contribution in [-0.4, -0.2) is 80.9 Å². The van der Waals surface area contributed by atoms with E-state index in [2.05, 4.69) is 0 Å². The summed E-state index contributed by atoms with van der Waals surface area (Å²) in [5.41, 5.74) is -2.74. The Bertz CT molecular complexity index is 346. The van der Waals surface area contributed by atoms with Gasteiger partial charge in [0.1, 0.15) is 0 Å². The number of aliphatic hydroxyl groups is 2. The number of hydrogen-bond donors (Lipinski definition) is 6. The van der Waals surface area contributed by atoms with Gasteiger partial charge in [-0.15, -0.1) is 0 Å². The van der Waals surface area contributed by atoms with Gasteiger partial charge in [0, 0.05) is 6.92 Å². The van der Waals surface area contributed by atoms with Gasteiger partial charge in [-0.2, -0.15) is 0 Å². The molecule has 0 amide bonds. The van der Waals surface area contributed by atoms with E-state index < -0.39 is 36.4 Å². The van der Waals surface area contributed by atoms with E-state index in [0.29, 0.717) is 4.48 Å². The maximum absolute atomic E-state index is 10.3. The molecule has 0 radical (unpaired) electrons. The fourth-order valence-corrected chi connectivity index (χ4v) is 0.714. The van der Waals surface area contributed by atoms with E-state index in [0.717, 1.165) is 0 Å². The summed E-state index contributed by atoms with van der Waals surface area (Å²) in [6.07, 6.45) is -2.55. The molecule has 0 saturated heterocycles. The van der Waals surface area contributed by atoms with Gasteiger partial charge in [-0.25, -0.2) is 4.79 Å². The molecule has 0 aromatic carbocycles. The van der Waals surface area contributed by atoms with Crippen LogP contribution in [0.25, 0.3) is 0 Å². The van der Waals surface area contributed by atoms with E-state index in [1.165, 1.54) is 0 Å². The smallest absolute Gasteiger partial charge is 0.336 e. The summed E-state index contributed by atoms with van der Waals surface area (Å²) in [5, 5.41) is 42.7. The Hall–Kier alpha value is -1.75. The van der Waals surface area contributed by atoms with Crippen molar-refractivity contribution in [1.29, 1.82) is 0 Å². The molecule has 8 N–H and O–H groups in total. The number of carboxylic acid groups (broad SMARTS) is 3. The van der Waals surface area contributed by atoms with Crippen molar-refractivity contribution in [2.24, 2.45) is 0 Å². The van der Waals surface area contributed by atoms with Gasteiger partial charge >= 0.3 is 17.9 Å².